The van der Waals surface area contributed by atoms with Gasteiger partial charge in [0, 0.05) is 11.4 Å². The molecule has 1 N–H and O–H groups in total. The van der Waals surface area contributed by atoms with Crippen LogP contribution >= 0.6 is 11.6 Å². The van der Waals surface area contributed by atoms with Gasteiger partial charge in [-0.1, -0.05) is 82.7 Å². The molecule has 0 aliphatic heterocycles. The number of hydrogen-bond donors (Lipinski definition) is 1. The fourth-order valence-electron chi connectivity index (χ4n) is 4.00. The molecule has 1 atom stereocenters. The largest absolute Gasteiger partial charge is 0.465 e. The first kappa shape index (κ1) is 30.8. The lowest BCUT2D eigenvalue weighted by Crippen LogP contribution is -2.54. The molecule has 0 bridgehead atoms. The lowest BCUT2D eigenvalue weighted by atomic mass is 9.86. The van der Waals surface area contributed by atoms with E-state index in [0.29, 0.717) is 11.4 Å². The van der Waals surface area contributed by atoms with Crippen LogP contribution in [0.4, 0.5) is 0 Å². The summed E-state index contributed by atoms with van der Waals surface area (Å²) in [6.07, 6.45) is 15.9. The number of aliphatic hydroxyl groups is 1. The normalized spacial score (nSPS) is 13.2. The van der Waals surface area contributed by atoms with E-state index < -0.39 is 17.1 Å². The van der Waals surface area contributed by atoms with Crippen molar-refractivity contribution in [2.75, 3.05) is 6.61 Å². The van der Waals surface area contributed by atoms with Crippen molar-refractivity contribution in [3.8, 4) is 5.75 Å². The van der Waals surface area contributed by atoms with Gasteiger partial charge in [-0.3, -0.25) is 9.59 Å². The van der Waals surface area contributed by atoms with E-state index in [-0.39, 0.29) is 18.3 Å². The van der Waals surface area contributed by atoms with Crippen molar-refractivity contribution >= 4 is 23.4 Å². The van der Waals surface area contributed by atoms with Gasteiger partial charge in [0.05, 0.1) is 5.41 Å². The summed E-state index contributed by atoms with van der Waals surface area (Å²) in [7, 11) is 0. The third kappa shape index (κ3) is 10.4. The highest BCUT2D eigenvalue weighted by atomic mass is 35.5. The standard InChI is InChI=1S/C28H42ClN3O5/c1-4-5-6-7-8-9-10-11-12-13-14-15-25(33)36-20-27(2,3)26(34)28(35,32-22-30-21-31-32)37-24-18-16-23(29)17-19-24/h16-19,21-22,35H,4-15,20H2,1-3H3. The maximum Gasteiger partial charge on any atom is 0.376 e. The molecule has 2 rings (SSSR count). The van der Waals surface area contributed by atoms with Crippen molar-refractivity contribution in [1.82, 2.24) is 14.8 Å². The summed E-state index contributed by atoms with van der Waals surface area (Å²) in [6, 6.07) is 6.20. The third-order valence-electron chi connectivity index (χ3n) is 6.29. The van der Waals surface area contributed by atoms with Crippen LogP contribution in [0.15, 0.2) is 36.9 Å². The van der Waals surface area contributed by atoms with Crippen molar-refractivity contribution < 1.29 is 24.2 Å². The quantitative estimate of drug-likeness (QED) is 0.125. The van der Waals surface area contributed by atoms with Gasteiger partial charge >= 0.3 is 11.9 Å². The maximum atomic E-state index is 13.4. The first-order valence-electron chi connectivity index (χ1n) is 13.4. The summed E-state index contributed by atoms with van der Waals surface area (Å²) in [5.41, 5.74) is -1.26. The minimum atomic E-state index is -2.49. The van der Waals surface area contributed by atoms with Crippen LogP contribution in [0.5, 0.6) is 5.75 Å². The average molecular weight is 536 g/mol. The molecule has 2 aromatic rings. The van der Waals surface area contributed by atoms with Gasteiger partial charge in [-0.15, -0.1) is 0 Å². The molecule has 0 fully saturated rings. The van der Waals surface area contributed by atoms with Crippen LogP contribution in [-0.2, 0) is 20.2 Å². The number of rotatable bonds is 19. The molecule has 37 heavy (non-hydrogen) atoms. The van der Waals surface area contributed by atoms with Crippen molar-refractivity contribution in [2.45, 2.75) is 104 Å². The van der Waals surface area contributed by atoms with E-state index >= 15 is 0 Å². The number of aromatic nitrogens is 3. The summed E-state index contributed by atoms with van der Waals surface area (Å²) < 4.78 is 12.0. The van der Waals surface area contributed by atoms with E-state index in [1.807, 2.05) is 0 Å². The minimum Gasteiger partial charge on any atom is -0.465 e. The van der Waals surface area contributed by atoms with Gasteiger partial charge in [0.2, 0.25) is 5.78 Å². The zero-order valence-electron chi connectivity index (χ0n) is 22.5. The monoisotopic (exact) mass is 535 g/mol. The van der Waals surface area contributed by atoms with Crippen LogP contribution in [-0.4, -0.2) is 38.2 Å². The number of nitrogens with zero attached hydrogens (tertiary/aromatic N) is 3. The van der Waals surface area contributed by atoms with Crippen LogP contribution in [0.3, 0.4) is 0 Å². The smallest absolute Gasteiger partial charge is 0.376 e. The topological polar surface area (TPSA) is 104 Å². The molecule has 0 spiro atoms. The molecule has 0 aliphatic carbocycles. The van der Waals surface area contributed by atoms with E-state index in [0.717, 1.165) is 23.9 Å². The molecule has 0 amide bonds. The fourth-order valence-corrected chi connectivity index (χ4v) is 4.13. The predicted octanol–water partition coefficient (Wildman–Crippen LogP) is 6.45. The SMILES string of the molecule is CCCCCCCCCCCCCC(=O)OCC(C)(C)C(=O)C(O)(Oc1ccc(Cl)cc1)n1cncn1. The number of carbonyl (C=O) groups is 2. The van der Waals surface area contributed by atoms with Gasteiger partial charge in [0.25, 0.3) is 0 Å². The maximum absolute atomic E-state index is 13.4. The Morgan fingerprint density at radius 3 is 2.05 bits per heavy atom. The molecule has 9 heteroatoms. The third-order valence-corrected chi connectivity index (χ3v) is 6.54. The number of unbranched alkanes of at least 4 members (excludes halogenated alkanes) is 10. The highest BCUT2D eigenvalue weighted by Crippen LogP contribution is 2.31. The van der Waals surface area contributed by atoms with Crippen molar-refractivity contribution in [1.29, 1.82) is 0 Å². The summed E-state index contributed by atoms with van der Waals surface area (Å²) in [5.74, 6) is -3.38. The Bertz CT molecular complexity index is 934. The molecular formula is C28H42ClN3O5. The molecule has 1 heterocycles. The average Bonchev–Trinajstić information content (AvgIpc) is 3.43. The molecule has 1 unspecified atom stereocenters. The van der Waals surface area contributed by atoms with Gasteiger partial charge in [-0.2, -0.15) is 9.78 Å². The Kier molecular flexibility index (Phi) is 13.1. The number of Topliss-reactive ketones (excluding diaryl/α,β-unsaturated/α-hetero) is 1. The molecular weight excluding hydrogens is 494 g/mol. The van der Waals surface area contributed by atoms with Crippen molar-refractivity contribution in [3.63, 3.8) is 0 Å². The second-order valence-corrected chi connectivity index (χ2v) is 10.6. The molecule has 0 saturated heterocycles. The Balaban J connectivity index is 1.78. The van der Waals surface area contributed by atoms with Crippen LogP contribution < -0.4 is 4.74 Å². The number of benzene rings is 1. The van der Waals surface area contributed by atoms with Crippen LogP contribution in [0.2, 0.25) is 5.02 Å². The zero-order valence-corrected chi connectivity index (χ0v) is 23.2. The van der Waals surface area contributed by atoms with E-state index in [1.54, 1.807) is 26.0 Å². The number of halogens is 1. The molecule has 0 saturated carbocycles. The molecule has 1 aromatic carbocycles. The number of carbonyl (C=O) groups excluding carboxylic acids is 2. The van der Waals surface area contributed by atoms with E-state index in [1.165, 1.54) is 76.2 Å². The Hall–Kier alpha value is -2.45. The number of hydrogen-bond acceptors (Lipinski definition) is 7. The first-order chi connectivity index (χ1) is 17.7. The molecule has 8 nitrogen and oxygen atoms in total. The lowest BCUT2D eigenvalue weighted by molar-refractivity contribution is -0.222. The minimum absolute atomic E-state index is 0.205. The van der Waals surface area contributed by atoms with E-state index in [4.69, 9.17) is 21.1 Å². The Labute approximate surface area is 225 Å². The van der Waals surface area contributed by atoms with E-state index in [9.17, 15) is 14.7 Å². The Morgan fingerprint density at radius 2 is 1.51 bits per heavy atom. The number of ketones is 1. The second kappa shape index (κ2) is 15.7. The summed E-state index contributed by atoms with van der Waals surface area (Å²) in [4.78, 5) is 29.6. The van der Waals surface area contributed by atoms with Gasteiger partial charge in [-0.05, 0) is 44.5 Å². The highest BCUT2D eigenvalue weighted by molar-refractivity contribution is 6.30. The van der Waals surface area contributed by atoms with Crippen molar-refractivity contribution in [2.24, 2.45) is 5.41 Å². The summed E-state index contributed by atoms with van der Waals surface area (Å²) >= 11 is 5.92. The molecule has 0 aliphatic rings. The molecule has 1 aromatic heterocycles. The predicted molar refractivity (Wildman–Crippen MR) is 143 cm³/mol. The van der Waals surface area contributed by atoms with Gasteiger partial charge < -0.3 is 14.6 Å². The zero-order chi connectivity index (χ0) is 27.2. The Morgan fingerprint density at radius 1 is 0.946 bits per heavy atom. The van der Waals surface area contributed by atoms with Crippen LogP contribution in [0.1, 0.15) is 97.8 Å². The van der Waals surface area contributed by atoms with Gasteiger partial charge in [0.15, 0.2) is 0 Å². The van der Waals surface area contributed by atoms with Gasteiger partial charge in [0.1, 0.15) is 25.0 Å². The molecule has 0 radical (unpaired) electrons. The number of esters is 1. The molecule has 206 valence electrons. The first-order valence-corrected chi connectivity index (χ1v) is 13.8. The fraction of sp³-hybridized carbons (Fsp3) is 0.643. The second-order valence-electron chi connectivity index (χ2n) is 10.2. The highest BCUT2D eigenvalue weighted by Gasteiger charge is 2.50. The lowest BCUT2D eigenvalue weighted by Gasteiger charge is -2.33. The summed E-state index contributed by atoms with van der Waals surface area (Å²) in [5, 5.41) is 15.7. The van der Waals surface area contributed by atoms with Crippen LogP contribution in [0, 0.1) is 5.41 Å². The summed E-state index contributed by atoms with van der Waals surface area (Å²) in [6.45, 7) is 5.19. The van der Waals surface area contributed by atoms with Crippen LogP contribution in [0.25, 0.3) is 0 Å². The number of ether oxygens (including phenoxy) is 2. The van der Waals surface area contributed by atoms with E-state index in [2.05, 4.69) is 17.0 Å². The van der Waals surface area contributed by atoms with Crippen molar-refractivity contribution in [3.05, 3.63) is 41.9 Å². The van der Waals surface area contributed by atoms with Gasteiger partial charge in [-0.25, -0.2) is 4.98 Å².